The van der Waals surface area contributed by atoms with Crippen LogP contribution in [0.1, 0.15) is 24.9 Å². The van der Waals surface area contributed by atoms with Gasteiger partial charge in [0, 0.05) is 12.5 Å². The van der Waals surface area contributed by atoms with Crippen molar-refractivity contribution in [3.8, 4) is 6.07 Å². The largest absolute Gasteiger partial charge is 0.449 e. The monoisotopic (exact) mass is 207 g/mol. The summed E-state index contributed by atoms with van der Waals surface area (Å²) < 4.78 is 5.15. The number of primary amides is 1. The predicted molar refractivity (Wildman–Crippen MR) is 53.5 cm³/mol. The van der Waals surface area contributed by atoms with E-state index in [1.54, 1.807) is 12.1 Å². The van der Waals surface area contributed by atoms with Crippen molar-refractivity contribution in [2.24, 2.45) is 5.73 Å². The molecule has 0 saturated carbocycles. The number of carbonyl (C=O) groups excluding carboxylic acids is 1. The molecule has 1 unspecified atom stereocenters. The molecule has 1 heterocycles. The normalized spacial score (nSPS) is 12.0. The second-order valence-corrected chi connectivity index (χ2v) is 3.33. The first-order chi connectivity index (χ1) is 7.11. The van der Waals surface area contributed by atoms with E-state index in [4.69, 9.17) is 15.4 Å². The molecule has 3 N–H and O–H groups in total. The highest BCUT2D eigenvalue weighted by Crippen LogP contribution is 2.06. The molecule has 0 radical (unpaired) electrons. The van der Waals surface area contributed by atoms with Crippen molar-refractivity contribution in [3.63, 3.8) is 0 Å². The number of hydrogen-bond acceptors (Lipinski definition) is 4. The Hall–Kier alpha value is -1.80. The lowest BCUT2D eigenvalue weighted by Gasteiger charge is -2.09. The number of nitrogens with zero attached hydrogens (tertiary/aromatic N) is 1. The summed E-state index contributed by atoms with van der Waals surface area (Å²) in [4.78, 5) is 10.6. The summed E-state index contributed by atoms with van der Waals surface area (Å²) in [7, 11) is 0. The third-order valence-electron chi connectivity index (χ3n) is 1.90. The molecule has 1 aromatic rings. The van der Waals surface area contributed by atoms with E-state index in [-0.39, 0.29) is 24.1 Å². The Morgan fingerprint density at radius 3 is 3.00 bits per heavy atom. The van der Waals surface area contributed by atoms with E-state index in [9.17, 15) is 4.79 Å². The van der Waals surface area contributed by atoms with Gasteiger partial charge in [-0.3, -0.25) is 4.79 Å². The Balaban J connectivity index is 2.37. The second-order valence-electron chi connectivity index (χ2n) is 3.33. The van der Waals surface area contributed by atoms with Crippen LogP contribution in [-0.4, -0.2) is 11.9 Å². The van der Waals surface area contributed by atoms with E-state index >= 15 is 0 Å². The summed E-state index contributed by atoms with van der Waals surface area (Å²) >= 11 is 0. The fourth-order valence-electron chi connectivity index (χ4n) is 1.18. The molecule has 1 atom stereocenters. The number of furan rings is 1. The Kier molecular flexibility index (Phi) is 3.89. The Bertz CT molecular complexity index is 378. The molecule has 0 aliphatic carbocycles. The number of nitrogens with two attached hydrogens (primary N) is 1. The van der Waals surface area contributed by atoms with Gasteiger partial charge in [-0.15, -0.1) is 0 Å². The van der Waals surface area contributed by atoms with E-state index in [0.29, 0.717) is 12.3 Å². The topological polar surface area (TPSA) is 92.0 Å². The van der Waals surface area contributed by atoms with Crippen LogP contribution in [0.25, 0.3) is 0 Å². The minimum absolute atomic E-state index is 0.00173. The molecular formula is C10H13N3O2. The van der Waals surface area contributed by atoms with Crippen LogP contribution in [0.15, 0.2) is 16.5 Å². The number of nitrogens with one attached hydrogen (secondary N) is 1. The van der Waals surface area contributed by atoms with Crippen LogP contribution >= 0.6 is 0 Å². The fourth-order valence-corrected chi connectivity index (χ4v) is 1.18. The van der Waals surface area contributed by atoms with Crippen LogP contribution in [-0.2, 0) is 11.3 Å². The van der Waals surface area contributed by atoms with Crippen LogP contribution < -0.4 is 11.1 Å². The molecule has 15 heavy (non-hydrogen) atoms. The SMILES string of the molecule is CC(CC(N)=O)NCc1ccc(C#N)o1. The van der Waals surface area contributed by atoms with Gasteiger partial charge in [-0.25, -0.2) is 0 Å². The zero-order chi connectivity index (χ0) is 11.3. The van der Waals surface area contributed by atoms with Crippen molar-refractivity contribution in [1.29, 1.82) is 5.26 Å². The lowest BCUT2D eigenvalue weighted by Crippen LogP contribution is -2.30. The van der Waals surface area contributed by atoms with Gasteiger partial charge in [-0.1, -0.05) is 0 Å². The first-order valence-corrected chi connectivity index (χ1v) is 4.62. The van der Waals surface area contributed by atoms with Gasteiger partial charge < -0.3 is 15.5 Å². The van der Waals surface area contributed by atoms with Gasteiger partial charge >= 0.3 is 0 Å². The molecule has 80 valence electrons. The van der Waals surface area contributed by atoms with E-state index in [1.165, 1.54) is 0 Å². The summed E-state index contributed by atoms with van der Waals surface area (Å²) in [6.45, 7) is 2.34. The van der Waals surface area contributed by atoms with Crippen LogP contribution in [0, 0.1) is 11.3 Å². The Morgan fingerprint density at radius 2 is 2.47 bits per heavy atom. The molecule has 0 bridgehead atoms. The molecular weight excluding hydrogens is 194 g/mol. The summed E-state index contributed by atoms with van der Waals surface area (Å²) in [6, 6.07) is 5.23. The lowest BCUT2D eigenvalue weighted by molar-refractivity contribution is -0.118. The number of rotatable bonds is 5. The molecule has 5 nitrogen and oxygen atoms in total. The van der Waals surface area contributed by atoms with Gasteiger partial charge in [0.25, 0.3) is 0 Å². The smallest absolute Gasteiger partial charge is 0.218 e. The van der Waals surface area contributed by atoms with Gasteiger partial charge in [0.2, 0.25) is 11.7 Å². The van der Waals surface area contributed by atoms with Crippen LogP contribution in [0.4, 0.5) is 0 Å². The minimum Gasteiger partial charge on any atom is -0.449 e. The maximum Gasteiger partial charge on any atom is 0.218 e. The number of amides is 1. The Labute approximate surface area is 87.9 Å². The number of nitriles is 1. The second kappa shape index (κ2) is 5.17. The molecule has 1 rings (SSSR count). The van der Waals surface area contributed by atoms with Crippen LogP contribution in [0.3, 0.4) is 0 Å². The van der Waals surface area contributed by atoms with Gasteiger partial charge in [-0.05, 0) is 19.1 Å². The summed E-state index contributed by atoms with van der Waals surface area (Å²) in [6.07, 6.45) is 0.284. The first kappa shape index (κ1) is 11.3. The molecule has 5 heteroatoms. The van der Waals surface area contributed by atoms with Crippen LogP contribution in [0.2, 0.25) is 0 Å². The van der Waals surface area contributed by atoms with Crippen molar-refractivity contribution in [3.05, 3.63) is 23.7 Å². The van der Waals surface area contributed by atoms with Gasteiger partial charge in [-0.2, -0.15) is 5.26 Å². The quantitative estimate of drug-likeness (QED) is 0.735. The highest BCUT2D eigenvalue weighted by Gasteiger charge is 2.06. The maximum atomic E-state index is 10.6. The number of hydrogen-bond donors (Lipinski definition) is 2. The van der Waals surface area contributed by atoms with Crippen molar-refractivity contribution in [2.75, 3.05) is 0 Å². The average Bonchev–Trinajstić information content (AvgIpc) is 2.61. The third kappa shape index (κ3) is 3.83. The zero-order valence-electron chi connectivity index (χ0n) is 8.49. The number of carbonyl (C=O) groups is 1. The molecule has 0 aliphatic heterocycles. The maximum absolute atomic E-state index is 10.6. The van der Waals surface area contributed by atoms with Crippen molar-refractivity contribution in [2.45, 2.75) is 25.9 Å². The highest BCUT2D eigenvalue weighted by atomic mass is 16.3. The van der Waals surface area contributed by atoms with Gasteiger partial charge in [0.05, 0.1) is 6.54 Å². The molecule has 0 saturated heterocycles. The van der Waals surface area contributed by atoms with Gasteiger partial charge in [0.1, 0.15) is 11.8 Å². The van der Waals surface area contributed by atoms with E-state index in [0.717, 1.165) is 0 Å². The zero-order valence-corrected chi connectivity index (χ0v) is 8.49. The first-order valence-electron chi connectivity index (χ1n) is 4.62. The van der Waals surface area contributed by atoms with E-state index < -0.39 is 0 Å². The van der Waals surface area contributed by atoms with Gasteiger partial charge in [0.15, 0.2) is 0 Å². The lowest BCUT2D eigenvalue weighted by atomic mass is 10.2. The van der Waals surface area contributed by atoms with Crippen LogP contribution in [0.5, 0.6) is 0 Å². The van der Waals surface area contributed by atoms with E-state index in [2.05, 4.69) is 5.32 Å². The molecule has 0 spiro atoms. The summed E-state index contributed by atoms with van der Waals surface area (Å²) in [5.41, 5.74) is 5.04. The molecule has 0 aromatic carbocycles. The summed E-state index contributed by atoms with van der Waals surface area (Å²) in [5, 5.41) is 11.6. The van der Waals surface area contributed by atoms with Crippen molar-refractivity contribution in [1.82, 2.24) is 5.32 Å². The molecule has 1 amide bonds. The van der Waals surface area contributed by atoms with Crippen molar-refractivity contribution >= 4 is 5.91 Å². The average molecular weight is 207 g/mol. The van der Waals surface area contributed by atoms with Crippen molar-refractivity contribution < 1.29 is 9.21 Å². The molecule has 1 aromatic heterocycles. The predicted octanol–water partition coefficient (Wildman–Crippen LogP) is 0.505. The molecule has 0 fully saturated rings. The Morgan fingerprint density at radius 1 is 1.73 bits per heavy atom. The fraction of sp³-hybridized carbons (Fsp3) is 0.400. The summed E-state index contributed by atoms with van der Waals surface area (Å²) in [5.74, 6) is 0.615. The highest BCUT2D eigenvalue weighted by molar-refractivity contribution is 5.74. The third-order valence-corrected chi connectivity index (χ3v) is 1.90. The van der Waals surface area contributed by atoms with E-state index in [1.807, 2.05) is 13.0 Å². The minimum atomic E-state index is -0.341. The standard InChI is InChI=1S/C10H13N3O2/c1-7(4-10(12)14)13-6-9-3-2-8(5-11)15-9/h2-3,7,13H,4,6H2,1H3,(H2,12,14). The molecule has 0 aliphatic rings.